The lowest BCUT2D eigenvalue weighted by molar-refractivity contribution is -0.142. The smallest absolute Gasteiger partial charge is 0.310 e. The lowest BCUT2D eigenvalue weighted by atomic mass is 10.1. The Labute approximate surface area is 108 Å². The van der Waals surface area contributed by atoms with Crippen molar-refractivity contribution in [2.75, 3.05) is 13.7 Å². The average molecular weight is 298 g/mol. The summed E-state index contributed by atoms with van der Waals surface area (Å²) in [5.41, 5.74) is 1.11. The van der Waals surface area contributed by atoms with Gasteiger partial charge in [-0.3, -0.25) is 4.79 Å². The number of ether oxygens (including phenoxy) is 2. The molecule has 1 aromatic rings. The number of halogens is 1. The molecule has 0 heterocycles. The number of carbonyl (C=O) groups is 1. The molecule has 0 bridgehead atoms. The summed E-state index contributed by atoms with van der Waals surface area (Å²) in [6, 6.07) is 5.36. The normalized spacial score (nSPS) is 9.53. The summed E-state index contributed by atoms with van der Waals surface area (Å²) >= 11 is 3.30. The molecule has 1 aromatic carbocycles. The van der Waals surface area contributed by atoms with Crippen LogP contribution in [0.4, 0.5) is 0 Å². The number of nitrogens with zero attached hydrogens (tertiary/aromatic N) is 1. The molecule has 0 radical (unpaired) electrons. The molecule has 0 atom stereocenters. The second-order valence-electron chi connectivity index (χ2n) is 3.24. The zero-order valence-corrected chi connectivity index (χ0v) is 11.2. The van der Waals surface area contributed by atoms with Crippen LogP contribution in [0.5, 0.6) is 5.75 Å². The molecule has 0 fully saturated rings. The van der Waals surface area contributed by atoms with Gasteiger partial charge in [0.15, 0.2) is 0 Å². The number of hydrogen-bond acceptors (Lipinski definition) is 4. The van der Waals surface area contributed by atoms with Crippen molar-refractivity contribution in [1.29, 1.82) is 5.26 Å². The maximum Gasteiger partial charge on any atom is 0.310 e. The summed E-state index contributed by atoms with van der Waals surface area (Å²) in [5, 5.41) is 8.95. The Hall–Kier alpha value is -1.54. The Morgan fingerprint density at radius 3 is 2.76 bits per heavy atom. The molecule has 1 rings (SSSR count). The minimum absolute atomic E-state index is 0.111. The number of benzene rings is 1. The molecular formula is C12H12BrNO3. The van der Waals surface area contributed by atoms with Gasteiger partial charge in [0.05, 0.1) is 25.7 Å². The van der Waals surface area contributed by atoms with E-state index in [0.717, 1.165) is 0 Å². The predicted octanol–water partition coefficient (Wildman–Crippen LogP) is 2.43. The predicted molar refractivity (Wildman–Crippen MR) is 65.7 cm³/mol. The van der Waals surface area contributed by atoms with Crippen LogP contribution in [-0.2, 0) is 16.0 Å². The van der Waals surface area contributed by atoms with Crippen LogP contribution < -0.4 is 4.74 Å². The fraction of sp³-hybridized carbons (Fsp3) is 0.333. The Balaban J connectivity index is 3.06. The number of methoxy groups -OCH3 is 1. The van der Waals surface area contributed by atoms with Crippen LogP contribution in [0.3, 0.4) is 0 Å². The van der Waals surface area contributed by atoms with Gasteiger partial charge >= 0.3 is 5.97 Å². The lowest BCUT2D eigenvalue weighted by Gasteiger charge is -2.08. The summed E-state index contributed by atoms with van der Waals surface area (Å²) in [6.07, 6.45) is 0.111. The van der Waals surface area contributed by atoms with Crippen LogP contribution in [0.25, 0.3) is 0 Å². The first-order valence-corrected chi connectivity index (χ1v) is 5.83. The molecule has 4 nitrogen and oxygen atoms in total. The third-order valence-electron chi connectivity index (χ3n) is 2.12. The first-order chi connectivity index (χ1) is 8.12. The van der Waals surface area contributed by atoms with Gasteiger partial charge in [-0.05, 0) is 40.5 Å². The molecular weight excluding hydrogens is 286 g/mol. The minimum atomic E-state index is -0.328. The number of carbonyl (C=O) groups excluding carboxylic acids is 1. The van der Waals surface area contributed by atoms with Crippen molar-refractivity contribution in [3.63, 3.8) is 0 Å². The minimum Gasteiger partial charge on any atom is -0.497 e. The molecule has 0 saturated carbocycles. The van der Waals surface area contributed by atoms with E-state index >= 15 is 0 Å². The van der Waals surface area contributed by atoms with Crippen molar-refractivity contribution in [3.05, 3.63) is 27.7 Å². The second-order valence-corrected chi connectivity index (χ2v) is 4.03. The zero-order valence-electron chi connectivity index (χ0n) is 9.62. The molecule has 0 saturated heterocycles. The van der Waals surface area contributed by atoms with Crippen LogP contribution >= 0.6 is 15.9 Å². The van der Waals surface area contributed by atoms with Gasteiger partial charge in [-0.15, -0.1) is 0 Å². The molecule has 0 aliphatic carbocycles. The van der Waals surface area contributed by atoms with E-state index < -0.39 is 0 Å². The molecule has 0 amide bonds. The van der Waals surface area contributed by atoms with Gasteiger partial charge in [-0.25, -0.2) is 0 Å². The first-order valence-electron chi connectivity index (χ1n) is 5.04. The first kappa shape index (κ1) is 13.5. The Morgan fingerprint density at radius 2 is 2.24 bits per heavy atom. The van der Waals surface area contributed by atoms with E-state index in [2.05, 4.69) is 15.9 Å². The van der Waals surface area contributed by atoms with E-state index in [1.54, 1.807) is 19.1 Å². The Bertz CT molecular complexity index is 466. The molecule has 0 aliphatic heterocycles. The van der Waals surface area contributed by atoms with Crippen LogP contribution in [0.1, 0.15) is 18.1 Å². The maximum absolute atomic E-state index is 11.4. The molecule has 90 valence electrons. The van der Waals surface area contributed by atoms with Crippen LogP contribution in [-0.4, -0.2) is 19.7 Å². The molecule has 17 heavy (non-hydrogen) atoms. The van der Waals surface area contributed by atoms with E-state index in [-0.39, 0.29) is 12.4 Å². The molecule has 0 spiro atoms. The van der Waals surface area contributed by atoms with Gasteiger partial charge in [0.1, 0.15) is 11.8 Å². The van der Waals surface area contributed by atoms with Gasteiger partial charge in [0.2, 0.25) is 0 Å². The Kier molecular flexibility index (Phi) is 4.98. The number of nitriles is 1. The molecule has 0 unspecified atom stereocenters. The van der Waals surface area contributed by atoms with E-state index in [1.807, 2.05) is 6.07 Å². The van der Waals surface area contributed by atoms with E-state index in [0.29, 0.717) is 28.0 Å². The fourth-order valence-electron chi connectivity index (χ4n) is 1.35. The number of rotatable bonds is 4. The van der Waals surface area contributed by atoms with Crippen molar-refractivity contribution in [2.24, 2.45) is 0 Å². The van der Waals surface area contributed by atoms with Crippen molar-refractivity contribution in [2.45, 2.75) is 13.3 Å². The lowest BCUT2D eigenvalue weighted by Crippen LogP contribution is -2.08. The van der Waals surface area contributed by atoms with Crippen LogP contribution in [0.15, 0.2) is 16.6 Å². The molecule has 0 N–H and O–H groups in total. The number of hydrogen-bond donors (Lipinski definition) is 0. The number of esters is 1. The summed E-state index contributed by atoms with van der Waals surface area (Å²) in [7, 11) is 1.51. The molecule has 0 aromatic heterocycles. The van der Waals surface area contributed by atoms with Gasteiger partial charge in [0.25, 0.3) is 0 Å². The Morgan fingerprint density at radius 1 is 1.53 bits per heavy atom. The van der Waals surface area contributed by atoms with Gasteiger partial charge < -0.3 is 9.47 Å². The quantitative estimate of drug-likeness (QED) is 0.801. The fourth-order valence-corrected chi connectivity index (χ4v) is 1.81. The standard InChI is InChI=1S/C12H12BrNO3/c1-3-17-11(15)6-8-4-10(16-2)5-9(7-14)12(8)13/h4-5H,3,6H2,1-2H3. The highest BCUT2D eigenvalue weighted by atomic mass is 79.9. The summed E-state index contributed by atoms with van der Waals surface area (Å²) < 4.78 is 10.5. The van der Waals surface area contributed by atoms with Crippen molar-refractivity contribution < 1.29 is 14.3 Å². The van der Waals surface area contributed by atoms with E-state index in [9.17, 15) is 4.79 Å². The average Bonchev–Trinajstić information content (AvgIpc) is 2.32. The summed E-state index contributed by atoms with van der Waals surface area (Å²) in [4.78, 5) is 11.4. The maximum atomic E-state index is 11.4. The van der Waals surface area contributed by atoms with Crippen molar-refractivity contribution >= 4 is 21.9 Å². The van der Waals surface area contributed by atoms with Crippen molar-refractivity contribution in [1.82, 2.24) is 0 Å². The SMILES string of the molecule is CCOC(=O)Cc1cc(OC)cc(C#N)c1Br. The van der Waals surface area contributed by atoms with E-state index in [4.69, 9.17) is 14.7 Å². The third kappa shape index (κ3) is 3.46. The highest BCUT2D eigenvalue weighted by Gasteiger charge is 2.13. The molecule has 5 heteroatoms. The van der Waals surface area contributed by atoms with E-state index in [1.165, 1.54) is 7.11 Å². The zero-order chi connectivity index (χ0) is 12.8. The highest BCUT2D eigenvalue weighted by molar-refractivity contribution is 9.10. The highest BCUT2D eigenvalue weighted by Crippen LogP contribution is 2.27. The monoisotopic (exact) mass is 297 g/mol. The van der Waals surface area contributed by atoms with Crippen LogP contribution in [0, 0.1) is 11.3 Å². The third-order valence-corrected chi connectivity index (χ3v) is 3.05. The van der Waals surface area contributed by atoms with Crippen molar-refractivity contribution in [3.8, 4) is 11.8 Å². The topological polar surface area (TPSA) is 59.3 Å². The molecule has 0 aliphatic rings. The summed E-state index contributed by atoms with van der Waals surface area (Å²) in [6.45, 7) is 2.09. The van der Waals surface area contributed by atoms with Gasteiger partial charge in [-0.2, -0.15) is 5.26 Å². The van der Waals surface area contributed by atoms with Gasteiger partial charge in [0, 0.05) is 4.47 Å². The summed E-state index contributed by atoms with van der Waals surface area (Å²) in [5.74, 6) is 0.217. The second kappa shape index (κ2) is 6.26. The van der Waals surface area contributed by atoms with Gasteiger partial charge in [-0.1, -0.05) is 0 Å². The largest absolute Gasteiger partial charge is 0.497 e. The van der Waals surface area contributed by atoms with Crippen LogP contribution in [0.2, 0.25) is 0 Å².